The van der Waals surface area contributed by atoms with Crippen LogP contribution < -0.4 is 14.8 Å². The molecule has 0 aromatic heterocycles. The second kappa shape index (κ2) is 11.1. The lowest BCUT2D eigenvalue weighted by molar-refractivity contribution is -0.137. The Bertz CT molecular complexity index is 979. The van der Waals surface area contributed by atoms with Gasteiger partial charge in [0, 0.05) is 17.3 Å². The molecule has 0 aliphatic carbocycles. The summed E-state index contributed by atoms with van der Waals surface area (Å²) in [5, 5.41) is 11.8. The van der Waals surface area contributed by atoms with Crippen molar-refractivity contribution in [3.05, 3.63) is 59.2 Å². The fourth-order valence-electron chi connectivity index (χ4n) is 2.56. The zero-order valence-electron chi connectivity index (χ0n) is 17.3. The van der Waals surface area contributed by atoms with Gasteiger partial charge in [0.15, 0.2) is 0 Å². The number of amides is 1. The van der Waals surface area contributed by atoms with Crippen LogP contribution in [0.25, 0.3) is 6.08 Å². The van der Waals surface area contributed by atoms with Crippen molar-refractivity contribution in [3.63, 3.8) is 0 Å². The Morgan fingerprint density at radius 1 is 1.10 bits per heavy atom. The Balaban J connectivity index is 2.29. The summed E-state index contributed by atoms with van der Waals surface area (Å²) in [4.78, 5) is 12.5. The van der Waals surface area contributed by atoms with E-state index in [-0.39, 0.29) is 11.3 Å². The molecule has 2 rings (SSSR count). The van der Waals surface area contributed by atoms with Crippen LogP contribution in [-0.4, -0.2) is 19.1 Å². The van der Waals surface area contributed by atoms with E-state index in [0.717, 1.165) is 25.0 Å². The van der Waals surface area contributed by atoms with Crippen LogP contribution in [0.1, 0.15) is 37.8 Å². The van der Waals surface area contributed by atoms with Gasteiger partial charge in [-0.3, -0.25) is 4.79 Å². The lowest BCUT2D eigenvalue weighted by atomic mass is 10.1. The molecule has 0 aliphatic rings. The number of hydrogen-bond acceptors (Lipinski definition) is 4. The minimum atomic E-state index is -4.54. The highest BCUT2D eigenvalue weighted by molar-refractivity contribution is 6.09. The number of benzene rings is 2. The van der Waals surface area contributed by atoms with Gasteiger partial charge in [-0.2, -0.15) is 18.4 Å². The first-order valence-electron chi connectivity index (χ1n) is 9.78. The first-order valence-corrected chi connectivity index (χ1v) is 9.78. The summed E-state index contributed by atoms with van der Waals surface area (Å²) in [7, 11) is 0. The van der Waals surface area contributed by atoms with Crippen LogP contribution in [0.3, 0.4) is 0 Å². The molecule has 0 fully saturated rings. The normalized spacial score (nSPS) is 11.5. The molecule has 0 spiro atoms. The van der Waals surface area contributed by atoms with Crippen molar-refractivity contribution in [2.45, 2.75) is 32.9 Å². The Kier molecular flexibility index (Phi) is 8.50. The topological polar surface area (TPSA) is 71.3 Å². The molecule has 5 nitrogen and oxygen atoms in total. The smallest absolute Gasteiger partial charge is 0.416 e. The summed E-state index contributed by atoms with van der Waals surface area (Å²) >= 11 is 0. The van der Waals surface area contributed by atoms with Crippen molar-refractivity contribution < 1.29 is 27.4 Å². The van der Waals surface area contributed by atoms with Gasteiger partial charge in [0.1, 0.15) is 23.1 Å². The number of ether oxygens (including phenoxy) is 2. The highest BCUT2D eigenvalue weighted by Gasteiger charge is 2.30. The van der Waals surface area contributed by atoms with E-state index in [1.807, 2.05) is 13.8 Å². The zero-order chi connectivity index (χ0) is 22.9. The largest absolute Gasteiger partial charge is 0.493 e. The summed E-state index contributed by atoms with van der Waals surface area (Å²) in [6, 6.07) is 11.0. The predicted octanol–water partition coefficient (Wildman–Crippen LogP) is 5.83. The third-order valence-corrected chi connectivity index (χ3v) is 4.03. The minimum Gasteiger partial charge on any atom is -0.493 e. The number of rotatable bonds is 9. The van der Waals surface area contributed by atoms with Gasteiger partial charge < -0.3 is 14.8 Å². The van der Waals surface area contributed by atoms with Crippen molar-refractivity contribution in [2.75, 3.05) is 18.5 Å². The first-order chi connectivity index (χ1) is 14.8. The Hall–Kier alpha value is -3.47. The van der Waals surface area contributed by atoms with Gasteiger partial charge >= 0.3 is 6.18 Å². The summed E-state index contributed by atoms with van der Waals surface area (Å²) in [6.07, 6.45) is -1.62. The van der Waals surface area contributed by atoms with Crippen molar-refractivity contribution in [3.8, 4) is 17.6 Å². The van der Waals surface area contributed by atoms with E-state index in [1.54, 1.807) is 24.3 Å². The third kappa shape index (κ3) is 7.07. The maximum atomic E-state index is 12.9. The van der Waals surface area contributed by atoms with Crippen LogP contribution in [-0.2, 0) is 11.0 Å². The lowest BCUT2D eigenvalue weighted by Gasteiger charge is -2.12. The molecule has 0 saturated carbocycles. The molecular weight excluding hydrogens is 409 g/mol. The fraction of sp³-hybridized carbons (Fsp3) is 0.304. The number of hydrogen-bond donors (Lipinski definition) is 1. The van der Waals surface area contributed by atoms with Crippen molar-refractivity contribution >= 4 is 17.7 Å². The number of nitriles is 1. The first kappa shape index (κ1) is 23.8. The molecule has 1 amide bonds. The van der Waals surface area contributed by atoms with E-state index in [0.29, 0.717) is 30.3 Å². The molecular formula is C23H23F3N2O3. The number of halogens is 3. The summed E-state index contributed by atoms with van der Waals surface area (Å²) < 4.78 is 49.9. The molecule has 8 heteroatoms. The van der Waals surface area contributed by atoms with E-state index in [9.17, 15) is 23.2 Å². The van der Waals surface area contributed by atoms with E-state index < -0.39 is 17.6 Å². The fourth-order valence-corrected chi connectivity index (χ4v) is 2.56. The second-order valence-corrected chi connectivity index (χ2v) is 6.60. The van der Waals surface area contributed by atoms with Gasteiger partial charge in [0.05, 0.1) is 18.8 Å². The van der Waals surface area contributed by atoms with Gasteiger partial charge in [-0.1, -0.05) is 19.9 Å². The summed E-state index contributed by atoms with van der Waals surface area (Å²) in [5.74, 6) is 0.210. The van der Waals surface area contributed by atoms with E-state index in [4.69, 9.17) is 9.47 Å². The molecule has 0 unspecified atom stereocenters. The van der Waals surface area contributed by atoms with Crippen LogP contribution in [0.5, 0.6) is 11.5 Å². The van der Waals surface area contributed by atoms with Crippen LogP contribution in [0, 0.1) is 11.3 Å². The van der Waals surface area contributed by atoms with Gasteiger partial charge in [-0.15, -0.1) is 0 Å². The van der Waals surface area contributed by atoms with Crippen LogP contribution in [0.15, 0.2) is 48.0 Å². The number of nitrogens with one attached hydrogen (secondary N) is 1. The molecule has 2 aromatic carbocycles. The van der Waals surface area contributed by atoms with E-state index >= 15 is 0 Å². The molecule has 1 N–H and O–H groups in total. The molecule has 31 heavy (non-hydrogen) atoms. The minimum absolute atomic E-state index is 0.0632. The van der Waals surface area contributed by atoms with Crippen LogP contribution in [0.4, 0.5) is 18.9 Å². The lowest BCUT2D eigenvalue weighted by Crippen LogP contribution is -2.14. The Morgan fingerprint density at radius 3 is 2.45 bits per heavy atom. The van der Waals surface area contributed by atoms with E-state index in [2.05, 4.69) is 5.32 Å². The van der Waals surface area contributed by atoms with Crippen molar-refractivity contribution in [1.29, 1.82) is 5.26 Å². The van der Waals surface area contributed by atoms with Crippen molar-refractivity contribution in [1.82, 2.24) is 0 Å². The van der Waals surface area contributed by atoms with Crippen molar-refractivity contribution in [2.24, 2.45) is 0 Å². The number of nitrogens with zero attached hydrogens (tertiary/aromatic N) is 1. The maximum absolute atomic E-state index is 12.9. The maximum Gasteiger partial charge on any atom is 0.416 e. The van der Waals surface area contributed by atoms with Gasteiger partial charge in [-0.25, -0.2) is 0 Å². The number of alkyl halides is 3. The standard InChI is InChI=1S/C23H23F3N2O3/c1-3-10-30-20-9-8-16(21(14-20)31-11-4-2)12-17(15-27)22(29)28-19-7-5-6-18(13-19)23(24,25)26/h5-9,12-14H,3-4,10-11H2,1-2H3,(H,28,29)/b17-12+. The predicted molar refractivity (Wildman–Crippen MR) is 112 cm³/mol. The molecule has 0 atom stereocenters. The van der Waals surface area contributed by atoms with Crippen LogP contribution in [0.2, 0.25) is 0 Å². The SMILES string of the molecule is CCCOc1ccc(/C=C(\C#N)C(=O)Nc2cccc(C(F)(F)F)c2)c(OCCC)c1. The quantitative estimate of drug-likeness (QED) is 0.400. The van der Waals surface area contributed by atoms with Gasteiger partial charge in [0.25, 0.3) is 5.91 Å². The second-order valence-electron chi connectivity index (χ2n) is 6.60. The average molecular weight is 432 g/mol. The Labute approximate surface area is 179 Å². The molecule has 0 heterocycles. The molecule has 0 radical (unpaired) electrons. The third-order valence-electron chi connectivity index (χ3n) is 4.03. The highest BCUT2D eigenvalue weighted by atomic mass is 19.4. The van der Waals surface area contributed by atoms with E-state index in [1.165, 1.54) is 18.2 Å². The van der Waals surface area contributed by atoms with Crippen LogP contribution >= 0.6 is 0 Å². The zero-order valence-corrected chi connectivity index (χ0v) is 17.3. The number of carbonyl (C=O) groups excluding carboxylic acids is 1. The summed E-state index contributed by atoms with van der Waals surface area (Å²) in [6.45, 7) is 4.88. The van der Waals surface area contributed by atoms with Gasteiger partial charge in [-0.05, 0) is 49.2 Å². The molecule has 0 saturated heterocycles. The molecule has 0 aliphatic heterocycles. The molecule has 0 bridgehead atoms. The Morgan fingerprint density at radius 2 is 1.81 bits per heavy atom. The highest BCUT2D eigenvalue weighted by Crippen LogP contribution is 2.31. The molecule has 2 aromatic rings. The number of carbonyl (C=O) groups is 1. The summed E-state index contributed by atoms with van der Waals surface area (Å²) in [5.41, 5.74) is -0.758. The molecule has 164 valence electrons. The number of anilines is 1. The average Bonchev–Trinajstić information content (AvgIpc) is 2.74. The monoisotopic (exact) mass is 432 g/mol. The van der Waals surface area contributed by atoms with Gasteiger partial charge in [0.2, 0.25) is 0 Å².